The van der Waals surface area contributed by atoms with Crippen LogP contribution >= 0.6 is 10.7 Å². The van der Waals surface area contributed by atoms with E-state index in [0.717, 1.165) is 5.56 Å². The van der Waals surface area contributed by atoms with Gasteiger partial charge >= 0.3 is 0 Å². The Morgan fingerprint density at radius 1 is 1.50 bits per heavy atom. The zero-order valence-electron chi connectivity index (χ0n) is 7.49. The van der Waals surface area contributed by atoms with Gasteiger partial charge in [0.1, 0.15) is 0 Å². The molecule has 0 saturated heterocycles. The number of halogens is 1. The molecule has 3 nitrogen and oxygen atoms in total. The topological polar surface area (TPSA) is 57.9 Å². The fraction of sp³-hybridized carbons (Fsp3) is 0.222. The Hall–Kier alpha value is -1.05. The van der Waals surface area contributed by atoms with Crippen LogP contribution in [0.4, 0.5) is 0 Å². The SMILES string of the molecule is Cc1cc(CC#N)ccc1S(=O)(=O)Cl. The largest absolute Gasteiger partial charge is 0.261 e. The molecule has 5 heteroatoms. The van der Waals surface area contributed by atoms with Crippen molar-refractivity contribution in [1.29, 1.82) is 5.26 Å². The first-order valence-electron chi connectivity index (χ1n) is 3.86. The van der Waals surface area contributed by atoms with Crippen LogP contribution in [0, 0.1) is 18.3 Å². The molecule has 0 aliphatic heterocycles. The Morgan fingerprint density at radius 3 is 2.57 bits per heavy atom. The summed E-state index contributed by atoms with van der Waals surface area (Å²) in [5, 5.41) is 8.45. The van der Waals surface area contributed by atoms with E-state index in [2.05, 4.69) is 0 Å². The summed E-state index contributed by atoms with van der Waals surface area (Å²) in [6.07, 6.45) is 0.267. The lowest BCUT2D eigenvalue weighted by atomic mass is 10.1. The first kappa shape index (κ1) is 11.0. The molecule has 0 heterocycles. The summed E-state index contributed by atoms with van der Waals surface area (Å²) in [7, 11) is 1.52. The van der Waals surface area contributed by atoms with Gasteiger partial charge in [0, 0.05) is 10.7 Å². The Morgan fingerprint density at radius 2 is 2.14 bits per heavy atom. The average Bonchev–Trinajstić information content (AvgIpc) is 2.02. The fourth-order valence-corrected chi connectivity index (χ4v) is 2.38. The van der Waals surface area contributed by atoms with Crippen LogP contribution in [0.2, 0.25) is 0 Å². The van der Waals surface area contributed by atoms with Gasteiger partial charge in [-0.15, -0.1) is 0 Å². The summed E-state index contributed by atoms with van der Waals surface area (Å²) in [6, 6.07) is 6.65. The van der Waals surface area contributed by atoms with E-state index >= 15 is 0 Å². The molecular weight excluding hydrogens is 222 g/mol. The van der Waals surface area contributed by atoms with Crippen LogP contribution in [0.15, 0.2) is 23.1 Å². The molecular formula is C9H8ClNO2S. The molecule has 0 fully saturated rings. The molecule has 74 valence electrons. The van der Waals surface area contributed by atoms with Crippen molar-refractivity contribution >= 4 is 19.7 Å². The van der Waals surface area contributed by atoms with Gasteiger partial charge in [0.2, 0.25) is 0 Å². The maximum Gasteiger partial charge on any atom is 0.261 e. The van der Waals surface area contributed by atoms with E-state index in [4.69, 9.17) is 15.9 Å². The third-order valence-corrected chi connectivity index (χ3v) is 3.27. The molecule has 14 heavy (non-hydrogen) atoms. The van der Waals surface area contributed by atoms with Crippen molar-refractivity contribution in [3.8, 4) is 6.07 Å². The summed E-state index contributed by atoms with van der Waals surface area (Å²) in [4.78, 5) is 0.0980. The lowest BCUT2D eigenvalue weighted by Crippen LogP contribution is -1.95. The van der Waals surface area contributed by atoms with E-state index in [1.807, 2.05) is 6.07 Å². The molecule has 0 unspecified atom stereocenters. The van der Waals surface area contributed by atoms with Crippen molar-refractivity contribution in [3.63, 3.8) is 0 Å². The van der Waals surface area contributed by atoms with Gasteiger partial charge in [-0.05, 0) is 24.1 Å². The Balaban J connectivity index is 3.23. The van der Waals surface area contributed by atoms with Gasteiger partial charge in [-0.2, -0.15) is 5.26 Å². The van der Waals surface area contributed by atoms with Gasteiger partial charge in [0.25, 0.3) is 9.05 Å². The minimum absolute atomic E-state index is 0.0980. The maximum absolute atomic E-state index is 11.0. The first-order valence-corrected chi connectivity index (χ1v) is 6.17. The molecule has 0 saturated carbocycles. The third kappa shape index (κ3) is 2.47. The van der Waals surface area contributed by atoms with Gasteiger partial charge in [0.05, 0.1) is 17.4 Å². The summed E-state index contributed by atoms with van der Waals surface area (Å²) in [5.74, 6) is 0. The number of nitrogens with zero attached hydrogens (tertiary/aromatic N) is 1. The monoisotopic (exact) mass is 229 g/mol. The average molecular weight is 230 g/mol. The summed E-state index contributed by atoms with van der Waals surface area (Å²) >= 11 is 0. The molecule has 1 rings (SSSR count). The second-order valence-electron chi connectivity index (χ2n) is 2.87. The van der Waals surface area contributed by atoms with Crippen LogP contribution in [0.1, 0.15) is 11.1 Å². The van der Waals surface area contributed by atoms with Crippen molar-refractivity contribution in [1.82, 2.24) is 0 Å². The molecule has 0 aliphatic carbocycles. The van der Waals surface area contributed by atoms with Crippen LogP contribution in [0.25, 0.3) is 0 Å². The zero-order valence-corrected chi connectivity index (χ0v) is 9.06. The van der Waals surface area contributed by atoms with Crippen molar-refractivity contribution in [2.75, 3.05) is 0 Å². The molecule has 0 atom stereocenters. The number of nitriles is 1. The smallest absolute Gasteiger partial charge is 0.207 e. The van der Waals surface area contributed by atoms with Crippen LogP contribution in [0.5, 0.6) is 0 Å². The van der Waals surface area contributed by atoms with Gasteiger partial charge < -0.3 is 0 Å². The first-order chi connectivity index (χ1) is 6.45. The van der Waals surface area contributed by atoms with E-state index in [-0.39, 0.29) is 11.3 Å². The lowest BCUT2D eigenvalue weighted by Gasteiger charge is -2.02. The van der Waals surface area contributed by atoms with Crippen LogP contribution in [0.3, 0.4) is 0 Å². The predicted octanol–water partition coefficient (Wildman–Crippen LogP) is 1.99. The maximum atomic E-state index is 11.0. The summed E-state index contributed by atoms with van der Waals surface area (Å²) in [5.41, 5.74) is 1.35. The second kappa shape index (κ2) is 3.99. The highest BCUT2D eigenvalue weighted by Crippen LogP contribution is 2.20. The van der Waals surface area contributed by atoms with Crippen LogP contribution in [-0.2, 0) is 15.5 Å². The van der Waals surface area contributed by atoms with E-state index < -0.39 is 9.05 Å². The fourth-order valence-electron chi connectivity index (χ4n) is 1.19. The van der Waals surface area contributed by atoms with Gasteiger partial charge in [0.15, 0.2) is 0 Å². The molecule has 0 aromatic heterocycles. The minimum atomic E-state index is -3.68. The van der Waals surface area contributed by atoms with E-state index in [1.165, 1.54) is 6.07 Å². The lowest BCUT2D eigenvalue weighted by molar-refractivity contribution is 0.609. The number of hydrogen-bond acceptors (Lipinski definition) is 3. The van der Waals surface area contributed by atoms with Crippen LogP contribution in [-0.4, -0.2) is 8.42 Å². The Bertz CT molecular complexity index is 488. The molecule has 0 aliphatic rings. The quantitative estimate of drug-likeness (QED) is 0.729. The van der Waals surface area contributed by atoms with Gasteiger partial charge in [-0.1, -0.05) is 12.1 Å². The Labute approximate surface area is 87.4 Å². The predicted molar refractivity (Wildman–Crippen MR) is 53.5 cm³/mol. The normalized spacial score (nSPS) is 10.9. The van der Waals surface area contributed by atoms with Crippen molar-refractivity contribution < 1.29 is 8.42 Å². The zero-order chi connectivity index (χ0) is 10.8. The van der Waals surface area contributed by atoms with Crippen molar-refractivity contribution in [2.45, 2.75) is 18.2 Å². The molecule has 0 spiro atoms. The highest BCUT2D eigenvalue weighted by atomic mass is 35.7. The number of hydrogen-bond donors (Lipinski definition) is 0. The van der Waals surface area contributed by atoms with E-state index in [0.29, 0.717) is 5.56 Å². The number of benzene rings is 1. The summed E-state index contributed by atoms with van der Waals surface area (Å²) < 4.78 is 22.0. The van der Waals surface area contributed by atoms with E-state index in [1.54, 1.807) is 19.1 Å². The molecule has 0 N–H and O–H groups in total. The molecule has 1 aromatic rings. The molecule has 0 bridgehead atoms. The third-order valence-electron chi connectivity index (χ3n) is 1.79. The van der Waals surface area contributed by atoms with Gasteiger partial charge in [-0.25, -0.2) is 8.42 Å². The van der Waals surface area contributed by atoms with Crippen LogP contribution < -0.4 is 0 Å². The second-order valence-corrected chi connectivity index (χ2v) is 5.41. The highest BCUT2D eigenvalue weighted by Gasteiger charge is 2.12. The number of rotatable bonds is 2. The highest BCUT2D eigenvalue weighted by molar-refractivity contribution is 8.13. The van der Waals surface area contributed by atoms with Crippen molar-refractivity contribution in [3.05, 3.63) is 29.3 Å². The molecule has 1 aromatic carbocycles. The Kier molecular flexibility index (Phi) is 3.14. The molecule has 0 radical (unpaired) electrons. The van der Waals surface area contributed by atoms with Gasteiger partial charge in [-0.3, -0.25) is 0 Å². The summed E-state index contributed by atoms with van der Waals surface area (Å²) in [6.45, 7) is 1.65. The minimum Gasteiger partial charge on any atom is -0.207 e. The number of aryl methyl sites for hydroxylation is 1. The van der Waals surface area contributed by atoms with E-state index in [9.17, 15) is 8.42 Å². The molecule has 0 amide bonds. The standard InChI is InChI=1S/C9H8ClNO2S/c1-7-6-8(4-5-11)2-3-9(7)14(10,12)13/h2-3,6H,4H2,1H3. The van der Waals surface area contributed by atoms with Crippen molar-refractivity contribution in [2.24, 2.45) is 0 Å².